The van der Waals surface area contributed by atoms with Gasteiger partial charge in [0.2, 0.25) is 0 Å². The predicted molar refractivity (Wildman–Crippen MR) is 356 cm³/mol. The lowest BCUT2D eigenvalue weighted by atomic mass is 10.2. The highest BCUT2D eigenvalue weighted by atomic mass is 28.6. The van der Waals surface area contributed by atoms with Crippen LogP contribution in [0.4, 0.5) is 0 Å². The van der Waals surface area contributed by atoms with E-state index in [2.05, 4.69) is 0 Å². The fraction of sp³-hybridized carbons (Fsp3) is 0.0492. The molecule has 4 saturated heterocycles. The van der Waals surface area contributed by atoms with Gasteiger partial charge in [-0.1, -0.05) is 285 Å². The average Bonchev–Trinajstić information content (AvgIpc) is 1.06. The topological polar surface area (TPSA) is 129 Å². The van der Waals surface area contributed by atoms with Gasteiger partial charge in [-0.15, -0.1) is 0 Å². The van der Waals surface area contributed by atoms with Gasteiger partial charge in [0.25, 0.3) is 0 Å². The van der Waals surface area contributed by atoms with E-state index < -0.39 is 88.5 Å². The Kier molecular flexibility index (Phi) is 17.3. The van der Waals surface area contributed by atoms with Crippen molar-refractivity contribution in [2.75, 3.05) is 6.23 Å². The Morgan fingerprint density at radius 3 is 1.13 bits per heavy atom. The highest BCUT2D eigenvalue weighted by molar-refractivity contribution is 7.07. The zero-order valence-corrected chi connectivity index (χ0v) is 59.7. The van der Waals surface area contributed by atoms with Crippen LogP contribution < -0.4 is 36.3 Å². The van der Waals surface area contributed by atoms with E-state index in [4.69, 9.17) is 57.9 Å². The summed E-state index contributed by atoms with van der Waals surface area (Å²) in [7, 11) is -44.6. The van der Waals surface area contributed by atoms with E-state index in [0.717, 1.165) is 16.3 Å². The number of hydrogen-bond acceptors (Lipinski definition) is 14. The minimum absolute atomic E-state index is 0.118. The summed E-state index contributed by atoms with van der Waals surface area (Å²) in [6, 6.07) is 88.7. The van der Waals surface area contributed by atoms with Crippen LogP contribution in [0.1, 0.15) is 11.1 Å². The van der Waals surface area contributed by atoms with Gasteiger partial charge in [0, 0.05) is 31.1 Å². The summed E-state index contributed by atoms with van der Waals surface area (Å²) in [5.74, 6) is 0. The summed E-state index contributed by atoms with van der Waals surface area (Å²) in [5.41, 5.74) is 5.86. The van der Waals surface area contributed by atoms with Crippen molar-refractivity contribution in [3.8, 4) is 0 Å². The van der Waals surface area contributed by atoms with E-state index in [0.29, 0.717) is 31.1 Å². The van der Waals surface area contributed by atoms with E-state index in [-0.39, 0.29) is 16.7 Å². The smallest absolute Gasteiger partial charge is 0.422 e. The molecule has 13 rings (SSSR count). The van der Waals surface area contributed by atoms with Crippen molar-refractivity contribution in [3.63, 3.8) is 0 Å². The molecular weight excluding hydrogens is 1270 g/mol. The number of fused-ring (bicyclic) bond motifs is 6. The van der Waals surface area contributed by atoms with Crippen molar-refractivity contribution in [2.45, 2.75) is 13.1 Å². The van der Waals surface area contributed by atoms with Gasteiger partial charge in [0.15, 0.2) is 0 Å². The molecule has 25 heteroatoms. The van der Waals surface area contributed by atoms with Crippen molar-refractivity contribution in [1.82, 2.24) is 0 Å². The second-order valence-electron chi connectivity index (χ2n) is 21.0. The van der Waals surface area contributed by atoms with Crippen molar-refractivity contribution in [3.05, 3.63) is 296 Å². The molecule has 0 amide bonds. The van der Waals surface area contributed by atoms with Gasteiger partial charge in [0.05, 0.1) is 6.23 Å². The second kappa shape index (κ2) is 25.0. The van der Waals surface area contributed by atoms with Crippen LogP contribution in [-0.2, 0) is 57.9 Å². The van der Waals surface area contributed by atoms with Gasteiger partial charge in [-0.2, -0.15) is 0 Å². The van der Waals surface area contributed by atoms with Crippen molar-refractivity contribution in [2.24, 2.45) is 0 Å². The quantitative estimate of drug-likeness (QED) is 0.149. The first-order chi connectivity index (χ1) is 42.0. The van der Waals surface area contributed by atoms with Gasteiger partial charge in [-0.05, 0) is 40.8 Å². The highest BCUT2D eigenvalue weighted by Crippen LogP contribution is 2.41. The molecule has 6 bridgehead atoms. The average molecular weight is 1330 g/mol. The maximum atomic E-state index is 8.58. The summed E-state index contributed by atoms with van der Waals surface area (Å²) in [6.07, 6.45) is 3.87. The molecule has 0 aliphatic carbocycles. The van der Waals surface area contributed by atoms with Crippen molar-refractivity contribution in [1.29, 1.82) is 0 Å². The summed E-state index contributed by atoms with van der Waals surface area (Å²) in [4.78, 5) is 0. The molecule has 4 aliphatic rings. The van der Waals surface area contributed by atoms with Gasteiger partial charge in [-0.25, -0.2) is 0 Å². The van der Waals surface area contributed by atoms with Crippen LogP contribution in [0.15, 0.2) is 284 Å². The van der Waals surface area contributed by atoms with E-state index in [1.54, 1.807) is 0 Å². The van der Waals surface area contributed by atoms with E-state index in [1.807, 2.05) is 310 Å². The molecule has 434 valence electrons. The third kappa shape index (κ3) is 12.3. The molecule has 86 heavy (non-hydrogen) atoms. The number of hydrogen-bond donors (Lipinski definition) is 0. The number of benzene rings is 9. The van der Waals surface area contributed by atoms with Crippen LogP contribution in [0.25, 0.3) is 12.2 Å². The Balaban J connectivity index is 1.24. The van der Waals surface area contributed by atoms with Crippen LogP contribution in [0.3, 0.4) is 0 Å². The van der Waals surface area contributed by atoms with Gasteiger partial charge in [-0.3, -0.25) is 0 Å². The Morgan fingerprint density at radius 2 is 0.674 bits per heavy atom. The Bertz CT molecular complexity index is 3770. The maximum Gasteiger partial charge on any atom is 0.521 e. The zero-order valence-electron chi connectivity index (χ0n) is 47.4. The van der Waals surface area contributed by atoms with E-state index in [1.165, 1.54) is 0 Å². The van der Waals surface area contributed by atoms with Crippen LogP contribution in [0, 0.1) is 0 Å². The lowest BCUT2D eigenvalue weighted by Crippen LogP contribution is -2.85. The molecule has 10 atom stereocenters. The van der Waals surface area contributed by atoms with Gasteiger partial charge < -0.3 is 57.9 Å². The number of rotatable bonds is 12. The molecule has 9 aromatic carbocycles. The molecule has 9 aromatic rings. The van der Waals surface area contributed by atoms with Crippen molar-refractivity contribution >= 4 is 147 Å². The van der Waals surface area contributed by atoms with E-state index >= 15 is 0 Å². The molecule has 14 nitrogen and oxygen atoms in total. The third-order valence-electron chi connectivity index (χ3n) is 14.8. The molecule has 9 unspecified atom stereocenters. The van der Waals surface area contributed by atoms with Crippen LogP contribution in [0.2, 0.25) is 13.1 Å². The summed E-state index contributed by atoms with van der Waals surface area (Å²) >= 11 is 0. The predicted octanol–water partition coefficient (Wildman–Crippen LogP) is 5.17. The highest BCUT2D eigenvalue weighted by Gasteiger charge is 2.75. The normalized spacial score (nSPS) is 31.4. The Labute approximate surface area is 516 Å². The fourth-order valence-electron chi connectivity index (χ4n) is 10.7. The molecule has 4 heterocycles. The minimum atomic E-state index is -5.16. The molecule has 0 radical (unpaired) electrons. The monoisotopic (exact) mass is 1330 g/mol. The van der Waals surface area contributed by atoms with Crippen LogP contribution >= 0.6 is 0 Å². The molecule has 0 N–H and O–H groups in total. The van der Waals surface area contributed by atoms with Gasteiger partial charge in [0.1, 0.15) is 10.5 Å². The zero-order chi connectivity index (χ0) is 58.6. The fourth-order valence-corrected chi connectivity index (χ4v) is 61.2. The summed E-state index contributed by atoms with van der Waals surface area (Å²) in [6.45, 7) is 3.99. The SMILES string of the molecule is C[Si]1(/C=C/c2ccccc2)O[SiH]2CO[Si]3(c4ccccc4)O[SiH](c4ccccc4)O[Si]4(c5ccccc5)O[Si](C)(/C=C/c5ccccc5)O[Si](c5ccccc5)(O3)O[Si@](c3ccccc3)(O2)O[Si](c2ccccc2)(O[Si](O[SiH3])(c2ccccc2)O1)O4. The molecule has 0 saturated carbocycles. The van der Waals surface area contributed by atoms with Crippen LogP contribution in [0.5, 0.6) is 0 Å². The molecule has 4 fully saturated rings. The summed E-state index contributed by atoms with van der Waals surface area (Å²) in [5, 5.41) is 4.21. The lowest BCUT2D eigenvalue weighted by molar-refractivity contribution is 0.0914. The van der Waals surface area contributed by atoms with Crippen molar-refractivity contribution < 1.29 is 57.9 Å². The summed E-state index contributed by atoms with van der Waals surface area (Å²) < 4.78 is 114. The largest absolute Gasteiger partial charge is 0.521 e. The molecule has 0 spiro atoms. The maximum absolute atomic E-state index is 8.58. The first kappa shape index (κ1) is 59.3. The molecule has 4 aliphatic heterocycles. The van der Waals surface area contributed by atoms with Gasteiger partial charge >= 0.3 is 88.5 Å². The first-order valence-electron chi connectivity index (χ1n) is 28.3. The molecular formula is C61H62O14Si11. The standard InChI is InChI=1S/C61H62O14Si11/c1-79(50-48-53-30-12-3-13-31-53)64-77-52-62-81(56-36-18-6-19-37-56)66-78(55-34-16-5-17-35-55)67-84(59-42-24-9-25-43-59)69-80(2,51-49-54-32-14-4-15-33-54)70-85(71-81,60-44-26-10-27-45-60)73-83(65-77,58-40-22-8-23-41-58)74-86(75-84,61-46-28-11-29-47-61)72-82(63-76,68-79)57-38-20-7-21-39-57/h3-51,77-78H,52H2,1-2,76H3/b50-48+,51-49+/t77?,78?,79?,80?,81?,82?,83-,84?,85?,86?/m0/s1. The molecule has 0 aromatic heterocycles. The van der Waals surface area contributed by atoms with Crippen LogP contribution in [-0.4, -0.2) is 105 Å². The third-order valence-corrected chi connectivity index (χ3v) is 55.2. The second-order valence-corrected chi connectivity index (χ2v) is 50.6. The minimum Gasteiger partial charge on any atom is -0.422 e. The first-order valence-corrected chi connectivity index (χ1v) is 47.6. The van der Waals surface area contributed by atoms with E-state index in [9.17, 15) is 0 Å². The Hall–Kier alpha value is -5.71. The Morgan fingerprint density at radius 1 is 0.337 bits per heavy atom. The lowest BCUT2D eigenvalue weighted by Gasteiger charge is -2.53.